The molecule has 0 aliphatic heterocycles. The molecule has 0 N–H and O–H groups in total. The van der Waals surface area contributed by atoms with E-state index in [1.165, 1.54) is 54.4 Å². The van der Waals surface area contributed by atoms with Crippen molar-refractivity contribution in [1.29, 1.82) is 0 Å². The van der Waals surface area contributed by atoms with E-state index >= 15 is 0 Å². The largest absolute Gasteiger partial charge is 0.0844 e. The summed E-state index contributed by atoms with van der Waals surface area (Å²) >= 11 is 0. The van der Waals surface area contributed by atoms with Gasteiger partial charge in [0.05, 0.1) is 0 Å². The van der Waals surface area contributed by atoms with Crippen molar-refractivity contribution in [1.82, 2.24) is 0 Å². The predicted molar refractivity (Wildman–Crippen MR) is 101 cm³/mol. The first-order chi connectivity index (χ1) is 10.3. The van der Waals surface area contributed by atoms with Gasteiger partial charge in [-0.05, 0) is 79.4 Å². The van der Waals surface area contributed by atoms with Gasteiger partial charge in [0.15, 0.2) is 0 Å². The molecule has 0 heterocycles. The van der Waals surface area contributed by atoms with E-state index in [9.17, 15) is 0 Å². The molecular weight excluding hydrogens is 264 g/mol. The fourth-order valence-corrected chi connectivity index (χ4v) is 4.57. The first-order valence-corrected chi connectivity index (χ1v) is 8.94. The molecule has 124 valence electrons. The SMILES string of the molecule is C/C=C(/C)C(=C(C)C)C1(C(=C(C)C)/C(C)=C\C)CCCCC1. The first kappa shape index (κ1) is 19.0. The highest BCUT2D eigenvalue weighted by Gasteiger charge is 2.40. The Morgan fingerprint density at radius 1 is 0.636 bits per heavy atom. The molecule has 1 aliphatic rings. The molecule has 1 rings (SSSR count). The van der Waals surface area contributed by atoms with Crippen LogP contribution in [-0.2, 0) is 0 Å². The van der Waals surface area contributed by atoms with Gasteiger partial charge in [-0.15, -0.1) is 0 Å². The molecule has 1 fully saturated rings. The predicted octanol–water partition coefficient (Wildman–Crippen LogP) is 7.54. The Hall–Kier alpha value is -1.04. The summed E-state index contributed by atoms with van der Waals surface area (Å²) in [4.78, 5) is 0. The first-order valence-electron chi connectivity index (χ1n) is 8.94. The molecule has 0 unspecified atom stereocenters. The summed E-state index contributed by atoms with van der Waals surface area (Å²) < 4.78 is 0. The van der Waals surface area contributed by atoms with Crippen LogP contribution in [-0.4, -0.2) is 0 Å². The van der Waals surface area contributed by atoms with Crippen molar-refractivity contribution in [3.63, 3.8) is 0 Å². The molecule has 1 saturated carbocycles. The summed E-state index contributed by atoms with van der Waals surface area (Å²) in [5.41, 5.74) is 9.33. The van der Waals surface area contributed by atoms with Crippen LogP contribution in [0.25, 0.3) is 0 Å². The lowest BCUT2D eigenvalue weighted by Crippen LogP contribution is -2.31. The van der Waals surface area contributed by atoms with Crippen molar-refractivity contribution in [2.45, 2.75) is 87.5 Å². The minimum atomic E-state index is 0.225. The minimum absolute atomic E-state index is 0.225. The zero-order valence-electron chi connectivity index (χ0n) is 16.2. The summed E-state index contributed by atoms with van der Waals surface area (Å²) in [6.07, 6.45) is 11.3. The second-order valence-corrected chi connectivity index (χ2v) is 7.34. The Labute approximate surface area is 139 Å². The molecule has 0 amide bonds. The third-order valence-electron chi connectivity index (χ3n) is 5.32. The zero-order valence-corrected chi connectivity index (χ0v) is 16.2. The molecule has 0 heteroatoms. The van der Waals surface area contributed by atoms with Crippen molar-refractivity contribution in [3.8, 4) is 0 Å². The molecule has 0 radical (unpaired) electrons. The lowest BCUT2D eigenvalue weighted by molar-refractivity contribution is 0.291. The third kappa shape index (κ3) is 3.65. The second-order valence-electron chi connectivity index (χ2n) is 7.34. The summed E-state index contributed by atoms with van der Waals surface area (Å²) in [5.74, 6) is 0. The van der Waals surface area contributed by atoms with Gasteiger partial charge in [0.25, 0.3) is 0 Å². The maximum atomic E-state index is 2.30. The number of allylic oxidation sites excluding steroid dienone is 8. The van der Waals surface area contributed by atoms with Crippen LogP contribution in [0.2, 0.25) is 0 Å². The molecule has 0 nitrogen and oxygen atoms in total. The van der Waals surface area contributed by atoms with Crippen LogP contribution in [0, 0.1) is 5.41 Å². The van der Waals surface area contributed by atoms with Crippen LogP contribution in [0.5, 0.6) is 0 Å². The normalized spacial score (nSPS) is 18.9. The third-order valence-corrected chi connectivity index (χ3v) is 5.32. The molecular formula is C22H36. The van der Waals surface area contributed by atoms with Crippen LogP contribution < -0.4 is 0 Å². The number of rotatable bonds is 4. The second kappa shape index (κ2) is 7.99. The van der Waals surface area contributed by atoms with E-state index in [1.807, 2.05) is 0 Å². The lowest BCUT2D eigenvalue weighted by atomic mass is 9.59. The van der Waals surface area contributed by atoms with Crippen molar-refractivity contribution in [2.24, 2.45) is 5.41 Å². The Morgan fingerprint density at radius 3 is 1.27 bits per heavy atom. The van der Waals surface area contributed by atoms with Crippen molar-refractivity contribution >= 4 is 0 Å². The Bertz CT molecular complexity index is 464. The van der Waals surface area contributed by atoms with Crippen LogP contribution in [0.1, 0.15) is 87.5 Å². The average Bonchev–Trinajstić information content (AvgIpc) is 2.47. The van der Waals surface area contributed by atoms with E-state index in [2.05, 4.69) is 67.5 Å². The van der Waals surface area contributed by atoms with Crippen LogP contribution >= 0.6 is 0 Å². The lowest BCUT2D eigenvalue weighted by Gasteiger charge is -2.44. The van der Waals surface area contributed by atoms with Gasteiger partial charge in [0, 0.05) is 5.41 Å². The van der Waals surface area contributed by atoms with Gasteiger partial charge in [0.2, 0.25) is 0 Å². The highest BCUT2D eigenvalue weighted by molar-refractivity contribution is 5.51. The quantitative estimate of drug-likeness (QED) is 0.470. The average molecular weight is 301 g/mol. The van der Waals surface area contributed by atoms with Gasteiger partial charge in [-0.3, -0.25) is 0 Å². The molecule has 0 aromatic rings. The highest BCUT2D eigenvalue weighted by Crippen LogP contribution is 2.54. The van der Waals surface area contributed by atoms with E-state index in [-0.39, 0.29) is 5.41 Å². The molecule has 0 aromatic heterocycles. The van der Waals surface area contributed by atoms with E-state index < -0.39 is 0 Å². The van der Waals surface area contributed by atoms with Gasteiger partial charge >= 0.3 is 0 Å². The maximum absolute atomic E-state index is 2.30. The van der Waals surface area contributed by atoms with Crippen molar-refractivity contribution < 1.29 is 0 Å². The van der Waals surface area contributed by atoms with E-state index in [4.69, 9.17) is 0 Å². The number of hydrogen-bond donors (Lipinski definition) is 0. The molecule has 1 aliphatic carbocycles. The number of hydrogen-bond acceptors (Lipinski definition) is 0. The van der Waals surface area contributed by atoms with E-state index in [1.54, 1.807) is 11.1 Å². The Morgan fingerprint density at radius 2 is 1.00 bits per heavy atom. The van der Waals surface area contributed by atoms with Crippen LogP contribution in [0.4, 0.5) is 0 Å². The maximum Gasteiger partial charge on any atom is 0.0206 e. The summed E-state index contributed by atoms with van der Waals surface area (Å²) in [6, 6.07) is 0. The smallest absolute Gasteiger partial charge is 0.0206 e. The van der Waals surface area contributed by atoms with Crippen molar-refractivity contribution in [2.75, 3.05) is 0 Å². The van der Waals surface area contributed by atoms with Gasteiger partial charge in [0.1, 0.15) is 0 Å². The zero-order chi connectivity index (χ0) is 16.9. The van der Waals surface area contributed by atoms with E-state index in [0.29, 0.717) is 0 Å². The molecule has 0 atom stereocenters. The topological polar surface area (TPSA) is 0 Å². The Kier molecular flexibility index (Phi) is 6.91. The van der Waals surface area contributed by atoms with Gasteiger partial charge in [-0.25, -0.2) is 0 Å². The summed E-state index contributed by atoms with van der Waals surface area (Å²) in [5, 5.41) is 0. The monoisotopic (exact) mass is 300 g/mol. The Balaban J connectivity index is 3.70. The minimum Gasteiger partial charge on any atom is -0.0844 e. The molecule has 0 bridgehead atoms. The fourth-order valence-electron chi connectivity index (χ4n) is 4.57. The van der Waals surface area contributed by atoms with Gasteiger partial charge in [-0.1, -0.05) is 53.7 Å². The molecule has 22 heavy (non-hydrogen) atoms. The summed E-state index contributed by atoms with van der Waals surface area (Å²) in [6.45, 7) is 18.1. The fraction of sp³-hybridized carbons (Fsp3) is 0.636. The van der Waals surface area contributed by atoms with Gasteiger partial charge in [-0.2, -0.15) is 0 Å². The molecule has 0 aromatic carbocycles. The standard InChI is InChI=1S/C22H36/c1-9-18(7)20(16(3)4)22(14-12-11-13-15-22)21(17(5)6)19(8)10-2/h9-10H,11-15H2,1-8H3/b18-9-,19-10-. The van der Waals surface area contributed by atoms with Gasteiger partial charge < -0.3 is 0 Å². The summed E-state index contributed by atoms with van der Waals surface area (Å²) in [7, 11) is 0. The molecule has 0 saturated heterocycles. The van der Waals surface area contributed by atoms with Crippen molar-refractivity contribution in [3.05, 3.63) is 45.6 Å². The van der Waals surface area contributed by atoms with Crippen LogP contribution in [0.15, 0.2) is 45.6 Å². The van der Waals surface area contributed by atoms with E-state index in [0.717, 1.165) is 0 Å². The van der Waals surface area contributed by atoms with Crippen LogP contribution in [0.3, 0.4) is 0 Å². The molecule has 0 spiro atoms. The highest BCUT2D eigenvalue weighted by atomic mass is 14.4.